The summed E-state index contributed by atoms with van der Waals surface area (Å²) in [6, 6.07) is 5.72. The van der Waals surface area contributed by atoms with Crippen LogP contribution < -0.4 is 0 Å². The highest BCUT2D eigenvalue weighted by molar-refractivity contribution is 7.93. The number of nitrogens with zero attached hydrogens (tertiary/aromatic N) is 2. The molecular weight excluding hydrogens is 360 g/mol. The Labute approximate surface area is 150 Å². The average Bonchev–Trinajstić information content (AvgIpc) is 3.01. The molecule has 4 rings (SSSR count). The Bertz CT molecular complexity index is 882. The number of benzene rings is 1. The van der Waals surface area contributed by atoms with E-state index in [1.807, 2.05) is 0 Å². The fourth-order valence-corrected chi connectivity index (χ4v) is 6.90. The number of carbonyl (C=O) groups excluding carboxylic acids is 2. The van der Waals surface area contributed by atoms with Crippen molar-refractivity contribution in [1.29, 1.82) is 0 Å². The number of carboxylic acid groups (broad SMARTS) is 1. The lowest BCUT2D eigenvalue weighted by Gasteiger charge is -2.43. The van der Waals surface area contributed by atoms with E-state index in [4.69, 9.17) is 5.11 Å². The second-order valence-electron chi connectivity index (χ2n) is 6.98. The van der Waals surface area contributed by atoms with Crippen molar-refractivity contribution < 1.29 is 27.9 Å². The van der Waals surface area contributed by atoms with Crippen molar-refractivity contribution in [2.45, 2.75) is 30.1 Å². The molecule has 26 heavy (non-hydrogen) atoms. The maximum absolute atomic E-state index is 12.9. The maximum atomic E-state index is 12.9. The topological polar surface area (TPSA) is 112 Å². The van der Waals surface area contributed by atoms with Gasteiger partial charge in [-0.3, -0.25) is 14.5 Å². The molecule has 2 saturated heterocycles. The van der Waals surface area contributed by atoms with Crippen LogP contribution in [-0.2, 0) is 9.84 Å². The smallest absolute Gasteiger partial charge is 0.407 e. The average molecular weight is 378 g/mol. The van der Waals surface area contributed by atoms with Gasteiger partial charge in [0.05, 0.1) is 27.7 Å². The van der Waals surface area contributed by atoms with E-state index < -0.39 is 38.5 Å². The summed E-state index contributed by atoms with van der Waals surface area (Å²) in [5.74, 6) is -1.03. The van der Waals surface area contributed by atoms with Gasteiger partial charge in [0.25, 0.3) is 11.8 Å². The molecule has 138 valence electrons. The summed E-state index contributed by atoms with van der Waals surface area (Å²) in [4.78, 5) is 39.1. The van der Waals surface area contributed by atoms with Crippen LogP contribution in [0, 0.1) is 0 Å². The van der Waals surface area contributed by atoms with E-state index >= 15 is 0 Å². The van der Waals surface area contributed by atoms with Gasteiger partial charge in [-0.2, -0.15) is 0 Å². The summed E-state index contributed by atoms with van der Waals surface area (Å²) >= 11 is 0. The minimum atomic E-state index is -3.55. The Hall–Kier alpha value is -2.42. The Morgan fingerprint density at radius 3 is 2.12 bits per heavy atom. The first-order chi connectivity index (χ1) is 12.3. The van der Waals surface area contributed by atoms with Crippen LogP contribution in [0.15, 0.2) is 24.3 Å². The number of rotatable bonds is 1. The van der Waals surface area contributed by atoms with Crippen LogP contribution in [0.1, 0.15) is 40.0 Å². The number of fused-ring (bicyclic) bond motifs is 1. The van der Waals surface area contributed by atoms with E-state index in [9.17, 15) is 22.8 Å². The molecular formula is C17H18N2O6S. The molecule has 1 atom stereocenters. The van der Waals surface area contributed by atoms with Crippen molar-refractivity contribution in [1.82, 2.24) is 9.80 Å². The van der Waals surface area contributed by atoms with Crippen LogP contribution in [0.2, 0.25) is 0 Å². The monoisotopic (exact) mass is 378 g/mol. The van der Waals surface area contributed by atoms with Gasteiger partial charge in [0, 0.05) is 13.1 Å². The fraction of sp³-hybridized carbons (Fsp3) is 0.471. The molecule has 1 aromatic carbocycles. The highest BCUT2D eigenvalue weighted by Crippen LogP contribution is 2.45. The number of piperidine rings is 1. The van der Waals surface area contributed by atoms with Crippen molar-refractivity contribution in [3.05, 3.63) is 35.4 Å². The quantitative estimate of drug-likeness (QED) is 0.729. The number of carbonyl (C=O) groups is 3. The van der Waals surface area contributed by atoms with Crippen LogP contribution in [0.25, 0.3) is 0 Å². The van der Waals surface area contributed by atoms with Gasteiger partial charge in [0.2, 0.25) is 0 Å². The normalized spacial score (nSPS) is 26.4. The van der Waals surface area contributed by atoms with Gasteiger partial charge in [0.1, 0.15) is 0 Å². The third kappa shape index (κ3) is 2.13. The summed E-state index contributed by atoms with van der Waals surface area (Å²) in [7, 11) is -3.55. The minimum Gasteiger partial charge on any atom is -0.465 e. The van der Waals surface area contributed by atoms with Gasteiger partial charge in [-0.1, -0.05) is 12.1 Å². The fourth-order valence-electron chi connectivity index (χ4n) is 4.52. The van der Waals surface area contributed by atoms with Crippen molar-refractivity contribution >= 4 is 27.7 Å². The van der Waals surface area contributed by atoms with Crippen LogP contribution >= 0.6 is 0 Å². The van der Waals surface area contributed by atoms with Crippen molar-refractivity contribution in [2.75, 3.05) is 18.8 Å². The molecule has 8 nitrogen and oxygen atoms in total. The molecule has 0 radical (unpaired) electrons. The van der Waals surface area contributed by atoms with Crippen LogP contribution in [-0.4, -0.2) is 70.9 Å². The Morgan fingerprint density at radius 2 is 1.62 bits per heavy atom. The first kappa shape index (κ1) is 17.0. The molecule has 3 amide bonds. The lowest BCUT2D eigenvalue weighted by atomic mass is 9.86. The predicted octanol–water partition coefficient (Wildman–Crippen LogP) is 0.982. The van der Waals surface area contributed by atoms with E-state index in [-0.39, 0.29) is 38.1 Å². The van der Waals surface area contributed by atoms with E-state index in [0.717, 1.165) is 4.90 Å². The summed E-state index contributed by atoms with van der Waals surface area (Å²) in [5.41, 5.74) is 0.583. The largest absolute Gasteiger partial charge is 0.465 e. The third-order valence-corrected chi connectivity index (χ3v) is 8.60. The number of amides is 3. The van der Waals surface area contributed by atoms with Gasteiger partial charge in [-0.15, -0.1) is 0 Å². The molecule has 1 aromatic rings. The summed E-state index contributed by atoms with van der Waals surface area (Å²) in [6.07, 6.45) is -0.701. The highest BCUT2D eigenvalue weighted by atomic mass is 32.2. The van der Waals surface area contributed by atoms with E-state index in [0.29, 0.717) is 11.1 Å². The predicted molar refractivity (Wildman–Crippen MR) is 90.7 cm³/mol. The Kier molecular flexibility index (Phi) is 3.62. The third-order valence-electron chi connectivity index (χ3n) is 5.90. The van der Waals surface area contributed by atoms with Gasteiger partial charge < -0.3 is 10.0 Å². The Morgan fingerprint density at radius 1 is 1.08 bits per heavy atom. The maximum Gasteiger partial charge on any atom is 0.407 e. The molecule has 9 heteroatoms. The molecule has 1 N–H and O–H groups in total. The molecule has 0 aromatic heterocycles. The Balaban J connectivity index is 1.72. The van der Waals surface area contributed by atoms with E-state index in [2.05, 4.69) is 0 Å². The number of imide groups is 1. The zero-order valence-electron chi connectivity index (χ0n) is 13.9. The van der Waals surface area contributed by atoms with Crippen LogP contribution in [0.3, 0.4) is 0 Å². The second kappa shape index (κ2) is 5.54. The number of hydrogen-bond acceptors (Lipinski definition) is 5. The molecule has 1 spiro atoms. The summed E-state index contributed by atoms with van der Waals surface area (Å²) < 4.78 is 24.4. The first-order valence-corrected chi connectivity index (χ1v) is 10.1. The molecule has 0 aliphatic carbocycles. The first-order valence-electron chi connectivity index (χ1n) is 8.45. The van der Waals surface area contributed by atoms with E-state index in [1.165, 1.54) is 4.90 Å². The molecule has 3 aliphatic rings. The molecule has 0 bridgehead atoms. The SMILES string of the molecule is O=C(O)N1CCC2(CC1)C(N1C(=O)c3ccccc3C1=O)CCS2(=O)=O. The molecule has 0 saturated carbocycles. The van der Waals surface area contributed by atoms with Crippen molar-refractivity contribution in [3.63, 3.8) is 0 Å². The number of sulfone groups is 1. The van der Waals surface area contributed by atoms with Gasteiger partial charge in [-0.05, 0) is 31.4 Å². The summed E-state index contributed by atoms with van der Waals surface area (Å²) in [5, 5.41) is 9.14. The minimum absolute atomic E-state index is 0.0776. The molecule has 3 heterocycles. The van der Waals surface area contributed by atoms with Gasteiger partial charge in [0.15, 0.2) is 9.84 Å². The van der Waals surface area contributed by atoms with Crippen molar-refractivity contribution in [2.24, 2.45) is 0 Å². The molecule has 2 fully saturated rings. The number of likely N-dealkylation sites (tertiary alicyclic amines) is 1. The number of hydrogen-bond donors (Lipinski definition) is 1. The molecule has 1 unspecified atom stereocenters. The zero-order valence-corrected chi connectivity index (χ0v) is 14.7. The molecule has 3 aliphatic heterocycles. The van der Waals surface area contributed by atoms with Gasteiger partial charge in [-0.25, -0.2) is 13.2 Å². The second-order valence-corrected chi connectivity index (χ2v) is 9.43. The standard InChI is InChI=1S/C17H18N2O6S/c20-14-11-3-1-2-4-12(11)15(21)19(14)13-5-10-26(24,25)17(13)6-8-18(9-7-17)16(22)23/h1-4,13H,5-10H2,(H,22,23). The van der Waals surface area contributed by atoms with E-state index in [1.54, 1.807) is 24.3 Å². The zero-order chi connectivity index (χ0) is 18.7. The van der Waals surface area contributed by atoms with Gasteiger partial charge >= 0.3 is 6.09 Å². The lowest BCUT2D eigenvalue weighted by Crippen LogP contribution is -2.59. The summed E-state index contributed by atoms with van der Waals surface area (Å²) in [6.45, 7) is 0.155. The van der Waals surface area contributed by atoms with Crippen LogP contribution in [0.4, 0.5) is 4.79 Å². The van der Waals surface area contributed by atoms with Crippen molar-refractivity contribution in [3.8, 4) is 0 Å². The lowest BCUT2D eigenvalue weighted by molar-refractivity contribution is 0.0501. The van der Waals surface area contributed by atoms with Crippen LogP contribution in [0.5, 0.6) is 0 Å². The highest BCUT2D eigenvalue weighted by Gasteiger charge is 2.61.